The lowest BCUT2D eigenvalue weighted by Gasteiger charge is -2.02. The Hall–Kier alpha value is -1.26. The number of aromatic nitrogens is 2. The van der Waals surface area contributed by atoms with Crippen molar-refractivity contribution in [3.8, 4) is 11.4 Å². The molecule has 1 aromatic carbocycles. The molecule has 0 aliphatic carbocycles. The summed E-state index contributed by atoms with van der Waals surface area (Å²) >= 11 is 3.30. The molecule has 0 spiro atoms. The summed E-state index contributed by atoms with van der Waals surface area (Å²) in [5.74, 6) is 0.716. The fourth-order valence-electron chi connectivity index (χ4n) is 1.30. The predicted molar refractivity (Wildman–Crippen MR) is 63.1 cm³/mol. The fraction of sp³-hybridized carbons (Fsp3) is 0.0909. The summed E-state index contributed by atoms with van der Waals surface area (Å²) in [5.41, 5.74) is 7.65. The molecule has 0 fully saturated rings. The zero-order valence-electron chi connectivity index (χ0n) is 8.02. The van der Waals surface area contributed by atoms with Crippen LogP contribution in [0.2, 0.25) is 0 Å². The second kappa shape index (κ2) is 4.51. The lowest BCUT2D eigenvalue weighted by atomic mass is 10.1. The number of nitrogens with zero attached hydrogens (tertiary/aromatic N) is 2. The highest BCUT2D eigenvalue weighted by Crippen LogP contribution is 2.17. The first-order valence-corrected chi connectivity index (χ1v) is 5.36. The molecule has 76 valence electrons. The molecule has 4 heteroatoms. The van der Waals surface area contributed by atoms with E-state index in [4.69, 9.17) is 5.73 Å². The third kappa shape index (κ3) is 2.40. The molecule has 0 radical (unpaired) electrons. The van der Waals surface area contributed by atoms with Gasteiger partial charge in [0.25, 0.3) is 0 Å². The molecule has 0 saturated carbocycles. The number of hydrogen-bond donors (Lipinski definition) is 1. The smallest absolute Gasteiger partial charge is 0.159 e. The van der Waals surface area contributed by atoms with Crippen LogP contribution in [0.3, 0.4) is 0 Å². The summed E-state index contributed by atoms with van der Waals surface area (Å²) in [5, 5.41) is 0. The zero-order valence-corrected chi connectivity index (χ0v) is 9.61. The van der Waals surface area contributed by atoms with Crippen LogP contribution in [0.4, 0.5) is 0 Å². The van der Waals surface area contributed by atoms with Crippen LogP contribution in [-0.2, 0) is 6.54 Å². The van der Waals surface area contributed by atoms with Crippen molar-refractivity contribution in [3.05, 3.63) is 46.7 Å². The average Bonchev–Trinajstić information content (AvgIpc) is 2.30. The number of benzene rings is 1. The van der Waals surface area contributed by atoms with Gasteiger partial charge in [-0.1, -0.05) is 18.2 Å². The van der Waals surface area contributed by atoms with Crippen molar-refractivity contribution in [2.45, 2.75) is 6.54 Å². The molecule has 2 N–H and O–H groups in total. The van der Waals surface area contributed by atoms with Crippen LogP contribution in [0.25, 0.3) is 11.4 Å². The van der Waals surface area contributed by atoms with Crippen LogP contribution < -0.4 is 5.73 Å². The Morgan fingerprint density at radius 3 is 2.60 bits per heavy atom. The second-order valence-electron chi connectivity index (χ2n) is 3.13. The minimum atomic E-state index is 0.532. The van der Waals surface area contributed by atoms with E-state index >= 15 is 0 Å². The van der Waals surface area contributed by atoms with E-state index in [0.29, 0.717) is 12.4 Å². The van der Waals surface area contributed by atoms with Crippen molar-refractivity contribution in [2.75, 3.05) is 0 Å². The summed E-state index contributed by atoms with van der Waals surface area (Å²) in [6.45, 7) is 0.532. The number of nitrogens with two attached hydrogens (primary N) is 1. The number of hydrogen-bond acceptors (Lipinski definition) is 3. The van der Waals surface area contributed by atoms with Gasteiger partial charge in [-0.3, -0.25) is 0 Å². The van der Waals surface area contributed by atoms with Gasteiger partial charge in [0.2, 0.25) is 0 Å². The summed E-state index contributed by atoms with van der Waals surface area (Å²) < 4.78 is 0.876. The van der Waals surface area contributed by atoms with Gasteiger partial charge in [0, 0.05) is 24.5 Å². The molecule has 2 rings (SSSR count). The molecule has 0 saturated heterocycles. The van der Waals surface area contributed by atoms with Gasteiger partial charge >= 0.3 is 0 Å². The van der Waals surface area contributed by atoms with Crippen molar-refractivity contribution < 1.29 is 0 Å². The monoisotopic (exact) mass is 263 g/mol. The Kier molecular flexibility index (Phi) is 3.08. The van der Waals surface area contributed by atoms with E-state index < -0.39 is 0 Å². The Labute approximate surface area is 96.5 Å². The van der Waals surface area contributed by atoms with E-state index in [-0.39, 0.29) is 0 Å². The first-order chi connectivity index (χ1) is 7.29. The molecule has 1 aromatic heterocycles. The molecule has 2 aromatic rings. The Bertz CT molecular complexity index is 454. The van der Waals surface area contributed by atoms with E-state index in [1.807, 2.05) is 24.3 Å². The maximum Gasteiger partial charge on any atom is 0.159 e. The van der Waals surface area contributed by atoms with E-state index in [2.05, 4.69) is 25.9 Å². The molecule has 1 heterocycles. The topological polar surface area (TPSA) is 51.8 Å². The van der Waals surface area contributed by atoms with Crippen LogP contribution in [-0.4, -0.2) is 9.97 Å². The van der Waals surface area contributed by atoms with Gasteiger partial charge < -0.3 is 5.73 Å². The van der Waals surface area contributed by atoms with Crippen molar-refractivity contribution >= 4 is 15.9 Å². The second-order valence-corrected chi connectivity index (χ2v) is 4.05. The third-order valence-corrected chi connectivity index (χ3v) is 2.45. The molecule has 0 unspecified atom stereocenters. The van der Waals surface area contributed by atoms with Crippen molar-refractivity contribution in [3.63, 3.8) is 0 Å². The van der Waals surface area contributed by atoms with Crippen molar-refractivity contribution in [2.24, 2.45) is 5.73 Å². The van der Waals surface area contributed by atoms with Gasteiger partial charge in [-0.2, -0.15) is 0 Å². The highest BCUT2D eigenvalue weighted by Gasteiger charge is 2.01. The van der Waals surface area contributed by atoms with Crippen molar-refractivity contribution in [1.82, 2.24) is 9.97 Å². The molecule has 0 bridgehead atoms. The minimum Gasteiger partial charge on any atom is -0.326 e. The van der Waals surface area contributed by atoms with Gasteiger partial charge in [0.15, 0.2) is 5.82 Å². The molecule has 3 nitrogen and oxygen atoms in total. The average molecular weight is 264 g/mol. The maximum absolute atomic E-state index is 5.57. The van der Waals surface area contributed by atoms with Crippen LogP contribution in [0.15, 0.2) is 41.1 Å². The van der Waals surface area contributed by atoms with E-state index in [1.165, 1.54) is 0 Å². The molecule has 15 heavy (non-hydrogen) atoms. The summed E-state index contributed by atoms with van der Waals surface area (Å²) in [6, 6.07) is 7.93. The van der Waals surface area contributed by atoms with E-state index in [9.17, 15) is 0 Å². The molecular formula is C11H10BrN3. The Morgan fingerprint density at radius 1 is 1.20 bits per heavy atom. The van der Waals surface area contributed by atoms with Gasteiger partial charge in [0.1, 0.15) is 0 Å². The standard InChI is InChI=1S/C11H10BrN3/c12-10-6-14-11(15-7-10)9-3-1-2-8(4-9)5-13/h1-4,6-7H,5,13H2. The van der Waals surface area contributed by atoms with Gasteiger partial charge in [-0.15, -0.1) is 0 Å². The van der Waals surface area contributed by atoms with Gasteiger partial charge in [-0.25, -0.2) is 9.97 Å². The molecule has 0 aliphatic rings. The summed E-state index contributed by atoms with van der Waals surface area (Å²) in [4.78, 5) is 8.45. The van der Waals surface area contributed by atoms with Crippen LogP contribution in [0.1, 0.15) is 5.56 Å². The first kappa shape index (κ1) is 10.3. The highest BCUT2D eigenvalue weighted by molar-refractivity contribution is 9.10. The third-order valence-electron chi connectivity index (χ3n) is 2.04. The largest absolute Gasteiger partial charge is 0.326 e. The first-order valence-electron chi connectivity index (χ1n) is 4.56. The quantitative estimate of drug-likeness (QED) is 0.905. The molecule has 0 amide bonds. The number of rotatable bonds is 2. The lowest BCUT2D eigenvalue weighted by molar-refractivity contribution is 1.07. The molecule has 0 aliphatic heterocycles. The SMILES string of the molecule is NCc1cccc(-c2ncc(Br)cn2)c1. The normalized spacial score (nSPS) is 10.3. The van der Waals surface area contributed by atoms with E-state index in [0.717, 1.165) is 15.6 Å². The lowest BCUT2D eigenvalue weighted by Crippen LogP contribution is -1.96. The van der Waals surface area contributed by atoms with Crippen LogP contribution in [0, 0.1) is 0 Å². The maximum atomic E-state index is 5.57. The van der Waals surface area contributed by atoms with Crippen molar-refractivity contribution in [1.29, 1.82) is 0 Å². The minimum absolute atomic E-state index is 0.532. The van der Waals surface area contributed by atoms with E-state index in [1.54, 1.807) is 12.4 Å². The zero-order chi connectivity index (χ0) is 10.7. The Morgan fingerprint density at radius 2 is 1.93 bits per heavy atom. The van der Waals surface area contributed by atoms with Crippen LogP contribution in [0.5, 0.6) is 0 Å². The number of halogens is 1. The molecule has 0 atom stereocenters. The molecular weight excluding hydrogens is 254 g/mol. The van der Waals surface area contributed by atoms with Gasteiger partial charge in [-0.05, 0) is 27.6 Å². The van der Waals surface area contributed by atoms with Gasteiger partial charge in [0.05, 0.1) is 4.47 Å². The highest BCUT2D eigenvalue weighted by atomic mass is 79.9. The summed E-state index contributed by atoms with van der Waals surface area (Å²) in [7, 11) is 0. The fourth-order valence-corrected chi connectivity index (χ4v) is 1.50. The van der Waals surface area contributed by atoms with Crippen LogP contribution >= 0.6 is 15.9 Å². The summed E-state index contributed by atoms with van der Waals surface area (Å²) in [6.07, 6.45) is 3.47. The predicted octanol–water partition coefficient (Wildman–Crippen LogP) is 2.36. The Balaban J connectivity index is 2.40.